The number of β-lactam (4-membered cyclic amide) rings is 1. The predicted molar refractivity (Wildman–Crippen MR) is 87.2 cm³/mol. The van der Waals surface area contributed by atoms with Gasteiger partial charge in [-0.05, 0) is 13.8 Å². The third kappa shape index (κ3) is 4.92. The maximum atomic E-state index is 10.9. The van der Waals surface area contributed by atoms with Crippen molar-refractivity contribution in [2.75, 3.05) is 30.8 Å². The van der Waals surface area contributed by atoms with Gasteiger partial charge in [-0.1, -0.05) is 11.6 Å². The molecule has 1 fully saturated rings. The van der Waals surface area contributed by atoms with Crippen molar-refractivity contribution < 1.29 is 14.3 Å². The number of nitrogens with zero attached hydrogens (tertiary/aromatic N) is 2. The van der Waals surface area contributed by atoms with Gasteiger partial charge in [0.15, 0.2) is 6.29 Å². The molecule has 0 bridgehead atoms. The van der Waals surface area contributed by atoms with E-state index in [2.05, 4.69) is 20.6 Å². The second-order valence-corrected chi connectivity index (χ2v) is 5.45. The number of hydrogen-bond acceptors (Lipinski definition) is 7. The van der Waals surface area contributed by atoms with Crippen molar-refractivity contribution in [2.24, 2.45) is 0 Å². The molecule has 2 heterocycles. The standard InChI is InChI=1S/C14H22ClN5O3/c1-3-22-11(23-4-2)6-9-12(15)19-14(16)20-13(9)17-7-8-5-10(21)18-8/h8,11H,3-7H2,1-2H3,(H,18,21)(H3,16,17,19,20)/t8-/m0/s1. The van der Waals surface area contributed by atoms with Gasteiger partial charge >= 0.3 is 0 Å². The fourth-order valence-corrected chi connectivity index (χ4v) is 2.53. The fourth-order valence-electron chi connectivity index (χ4n) is 2.28. The van der Waals surface area contributed by atoms with Crippen molar-refractivity contribution in [3.05, 3.63) is 10.7 Å². The van der Waals surface area contributed by atoms with Crippen LogP contribution in [-0.4, -0.2) is 48.0 Å². The van der Waals surface area contributed by atoms with E-state index in [0.29, 0.717) is 44.0 Å². The van der Waals surface area contributed by atoms with Crippen molar-refractivity contribution in [1.29, 1.82) is 0 Å². The van der Waals surface area contributed by atoms with E-state index in [9.17, 15) is 4.79 Å². The van der Waals surface area contributed by atoms with Crippen LogP contribution < -0.4 is 16.4 Å². The number of nitrogen functional groups attached to an aromatic ring is 1. The number of aromatic nitrogens is 2. The molecule has 9 heteroatoms. The van der Waals surface area contributed by atoms with Crippen LogP contribution in [0.4, 0.5) is 11.8 Å². The molecule has 0 aromatic carbocycles. The lowest BCUT2D eigenvalue weighted by Crippen LogP contribution is -2.52. The second kappa shape index (κ2) is 8.28. The summed E-state index contributed by atoms with van der Waals surface area (Å²) >= 11 is 6.21. The Hall–Kier alpha value is -1.64. The molecule has 1 saturated heterocycles. The summed E-state index contributed by atoms with van der Waals surface area (Å²) in [6, 6.07) is 0.0832. The van der Waals surface area contributed by atoms with E-state index in [1.165, 1.54) is 0 Å². The van der Waals surface area contributed by atoms with E-state index in [1.54, 1.807) is 0 Å². The summed E-state index contributed by atoms with van der Waals surface area (Å²) in [5.41, 5.74) is 6.35. The summed E-state index contributed by atoms with van der Waals surface area (Å²) in [7, 11) is 0. The Labute approximate surface area is 140 Å². The smallest absolute Gasteiger partial charge is 0.223 e. The number of nitrogens with one attached hydrogen (secondary N) is 2. The highest BCUT2D eigenvalue weighted by atomic mass is 35.5. The topological polar surface area (TPSA) is 111 Å². The SMILES string of the molecule is CCOC(Cc1c(Cl)nc(N)nc1NC[C@@H]1CC(=O)N1)OCC. The molecule has 0 aliphatic carbocycles. The molecule has 1 aromatic rings. The number of nitrogens with two attached hydrogens (primary N) is 1. The zero-order chi connectivity index (χ0) is 16.8. The lowest BCUT2D eigenvalue weighted by molar-refractivity contribution is -0.134. The lowest BCUT2D eigenvalue weighted by atomic mass is 10.1. The van der Waals surface area contributed by atoms with Crippen LogP contribution in [0.25, 0.3) is 0 Å². The highest BCUT2D eigenvalue weighted by molar-refractivity contribution is 6.30. The molecule has 0 spiro atoms. The Morgan fingerprint density at radius 1 is 1.39 bits per heavy atom. The zero-order valence-electron chi connectivity index (χ0n) is 13.3. The molecular weight excluding hydrogens is 322 g/mol. The first-order valence-corrected chi connectivity index (χ1v) is 7.99. The molecule has 1 atom stereocenters. The number of amides is 1. The summed E-state index contributed by atoms with van der Waals surface area (Å²) in [5.74, 6) is 0.668. The number of anilines is 2. The van der Waals surface area contributed by atoms with Gasteiger partial charge in [-0.3, -0.25) is 4.79 Å². The van der Waals surface area contributed by atoms with Gasteiger partial charge in [-0.15, -0.1) is 0 Å². The number of halogens is 1. The van der Waals surface area contributed by atoms with E-state index in [1.807, 2.05) is 13.8 Å². The first-order chi connectivity index (χ1) is 11.0. The first-order valence-electron chi connectivity index (χ1n) is 7.61. The molecule has 0 saturated carbocycles. The molecule has 2 rings (SSSR count). The minimum atomic E-state index is -0.432. The van der Waals surface area contributed by atoms with Crippen molar-refractivity contribution in [1.82, 2.24) is 15.3 Å². The zero-order valence-corrected chi connectivity index (χ0v) is 14.0. The van der Waals surface area contributed by atoms with Crippen molar-refractivity contribution in [3.8, 4) is 0 Å². The third-order valence-corrected chi connectivity index (χ3v) is 3.68. The molecule has 0 unspecified atom stereocenters. The van der Waals surface area contributed by atoms with Gasteiger partial charge in [-0.2, -0.15) is 4.98 Å². The highest BCUT2D eigenvalue weighted by Gasteiger charge is 2.26. The highest BCUT2D eigenvalue weighted by Crippen LogP contribution is 2.25. The number of ether oxygens (including phenoxy) is 2. The number of rotatable bonds is 9. The molecule has 8 nitrogen and oxygen atoms in total. The van der Waals surface area contributed by atoms with Crippen LogP contribution in [-0.2, 0) is 20.7 Å². The number of carbonyl (C=O) groups excluding carboxylic acids is 1. The van der Waals surface area contributed by atoms with Gasteiger partial charge in [-0.25, -0.2) is 4.98 Å². The summed E-state index contributed by atoms with van der Waals surface area (Å²) < 4.78 is 11.1. The van der Waals surface area contributed by atoms with E-state index >= 15 is 0 Å². The lowest BCUT2D eigenvalue weighted by Gasteiger charge is -2.27. The van der Waals surface area contributed by atoms with E-state index in [0.717, 1.165) is 0 Å². The monoisotopic (exact) mass is 343 g/mol. The Morgan fingerprint density at radius 2 is 2.04 bits per heavy atom. The minimum Gasteiger partial charge on any atom is -0.368 e. The average Bonchev–Trinajstić information content (AvgIpc) is 2.46. The van der Waals surface area contributed by atoms with Crippen LogP contribution >= 0.6 is 11.6 Å². The van der Waals surface area contributed by atoms with E-state index in [4.69, 9.17) is 26.8 Å². The predicted octanol–water partition coefficient (Wildman–Crippen LogP) is 0.954. The van der Waals surface area contributed by atoms with Crippen LogP contribution in [0, 0.1) is 0 Å². The Bertz CT molecular complexity index is 543. The molecule has 128 valence electrons. The molecular formula is C14H22ClN5O3. The molecule has 0 radical (unpaired) electrons. The van der Waals surface area contributed by atoms with Crippen LogP contribution in [0.15, 0.2) is 0 Å². The normalized spacial score (nSPS) is 17.0. The minimum absolute atomic E-state index is 0.0463. The number of hydrogen-bond donors (Lipinski definition) is 3. The van der Waals surface area contributed by atoms with Gasteiger partial charge < -0.3 is 25.8 Å². The van der Waals surface area contributed by atoms with Gasteiger partial charge in [0.05, 0.1) is 6.04 Å². The number of carbonyl (C=O) groups is 1. The molecule has 4 N–H and O–H groups in total. The van der Waals surface area contributed by atoms with Crippen LogP contribution in [0.1, 0.15) is 25.8 Å². The molecule has 1 aliphatic rings. The largest absolute Gasteiger partial charge is 0.368 e. The van der Waals surface area contributed by atoms with Crippen molar-refractivity contribution in [3.63, 3.8) is 0 Å². The summed E-state index contributed by atoms with van der Waals surface area (Å²) in [4.78, 5) is 19.1. The van der Waals surface area contributed by atoms with E-state index in [-0.39, 0.29) is 23.1 Å². The Kier molecular flexibility index (Phi) is 6.37. The summed E-state index contributed by atoms with van der Waals surface area (Å²) in [6.45, 7) is 5.38. The maximum absolute atomic E-state index is 10.9. The van der Waals surface area contributed by atoms with E-state index < -0.39 is 6.29 Å². The van der Waals surface area contributed by atoms with Crippen LogP contribution in [0.2, 0.25) is 5.15 Å². The van der Waals surface area contributed by atoms with Gasteiger partial charge in [0.1, 0.15) is 11.0 Å². The Balaban J connectivity index is 2.10. The molecule has 1 amide bonds. The van der Waals surface area contributed by atoms with Crippen molar-refractivity contribution in [2.45, 2.75) is 39.0 Å². The third-order valence-electron chi connectivity index (χ3n) is 3.36. The maximum Gasteiger partial charge on any atom is 0.223 e. The molecule has 1 aromatic heterocycles. The van der Waals surface area contributed by atoms with Gasteiger partial charge in [0.25, 0.3) is 0 Å². The molecule has 1 aliphatic heterocycles. The van der Waals surface area contributed by atoms with Crippen LogP contribution in [0.5, 0.6) is 0 Å². The second-order valence-electron chi connectivity index (χ2n) is 5.09. The van der Waals surface area contributed by atoms with Crippen LogP contribution in [0.3, 0.4) is 0 Å². The van der Waals surface area contributed by atoms with Gasteiger partial charge in [0, 0.05) is 38.2 Å². The summed E-state index contributed by atoms with van der Waals surface area (Å²) in [5, 5.41) is 6.22. The molecule has 23 heavy (non-hydrogen) atoms. The Morgan fingerprint density at radius 3 is 2.61 bits per heavy atom. The summed E-state index contributed by atoms with van der Waals surface area (Å²) in [6.07, 6.45) is 0.468. The van der Waals surface area contributed by atoms with Crippen molar-refractivity contribution >= 4 is 29.3 Å². The fraction of sp³-hybridized carbons (Fsp3) is 0.643. The van der Waals surface area contributed by atoms with Gasteiger partial charge in [0.2, 0.25) is 11.9 Å². The first kappa shape index (κ1) is 17.7. The quantitative estimate of drug-likeness (QED) is 0.348. The average molecular weight is 344 g/mol.